The summed E-state index contributed by atoms with van der Waals surface area (Å²) in [5, 5.41) is 3.60. The first-order valence-corrected chi connectivity index (χ1v) is 7.40. The fourth-order valence-corrected chi connectivity index (χ4v) is 3.13. The molecule has 2 unspecified atom stereocenters. The number of benzene rings is 1. The van der Waals surface area contributed by atoms with Crippen LogP contribution in [0.1, 0.15) is 31.7 Å². The van der Waals surface area contributed by atoms with Crippen LogP contribution in [0, 0.1) is 0 Å². The molecule has 1 aromatic carbocycles. The Morgan fingerprint density at radius 1 is 1.40 bits per heavy atom. The standard InChI is InChI=1S/C16H23NO3/c1-16(8-4-9-17-16)13-5-3-6-14(18-2)15(13)20-12-7-10-19-11-12/h3,5-6,12,17H,4,7-11H2,1-2H3. The Kier molecular flexibility index (Phi) is 3.85. The van der Waals surface area contributed by atoms with Crippen molar-refractivity contribution < 1.29 is 14.2 Å². The number of hydrogen-bond acceptors (Lipinski definition) is 4. The van der Waals surface area contributed by atoms with Crippen LogP contribution in [0.25, 0.3) is 0 Å². The van der Waals surface area contributed by atoms with E-state index in [1.807, 2.05) is 12.1 Å². The Balaban J connectivity index is 1.95. The van der Waals surface area contributed by atoms with Gasteiger partial charge in [0.2, 0.25) is 0 Å². The number of rotatable bonds is 4. The molecule has 20 heavy (non-hydrogen) atoms. The molecule has 3 rings (SSSR count). The third-order valence-corrected chi connectivity index (χ3v) is 4.33. The molecule has 0 radical (unpaired) electrons. The molecule has 2 aliphatic heterocycles. The molecule has 110 valence electrons. The molecule has 2 fully saturated rings. The number of hydrogen-bond donors (Lipinski definition) is 1. The molecule has 0 bridgehead atoms. The van der Waals surface area contributed by atoms with Gasteiger partial charge in [-0.25, -0.2) is 0 Å². The van der Waals surface area contributed by atoms with Gasteiger partial charge in [0.25, 0.3) is 0 Å². The van der Waals surface area contributed by atoms with Crippen LogP contribution in [0.4, 0.5) is 0 Å². The van der Waals surface area contributed by atoms with Crippen molar-refractivity contribution in [3.8, 4) is 11.5 Å². The normalized spacial score (nSPS) is 29.6. The molecule has 0 amide bonds. The molecule has 0 saturated carbocycles. The summed E-state index contributed by atoms with van der Waals surface area (Å²) in [5.74, 6) is 1.69. The summed E-state index contributed by atoms with van der Waals surface area (Å²) >= 11 is 0. The van der Waals surface area contributed by atoms with Crippen molar-refractivity contribution >= 4 is 0 Å². The van der Waals surface area contributed by atoms with Gasteiger partial charge in [0.1, 0.15) is 6.10 Å². The van der Waals surface area contributed by atoms with E-state index in [2.05, 4.69) is 18.3 Å². The van der Waals surface area contributed by atoms with Gasteiger partial charge in [0.15, 0.2) is 11.5 Å². The van der Waals surface area contributed by atoms with Crippen LogP contribution in [0.15, 0.2) is 18.2 Å². The molecule has 2 heterocycles. The van der Waals surface area contributed by atoms with Gasteiger partial charge in [-0.2, -0.15) is 0 Å². The average Bonchev–Trinajstić information content (AvgIpc) is 3.11. The maximum absolute atomic E-state index is 6.22. The van der Waals surface area contributed by atoms with Crippen molar-refractivity contribution in [2.45, 2.75) is 37.8 Å². The molecule has 0 aliphatic carbocycles. The van der Waals surface area contributed by atoms with E-state index in [0.717, 1.165) is 37.5 Å². The second-order valence-corrected chi connectivity index (χ2v) is 5.80. The third-order valence-electron chi connectivity index (χ3n) is 4.33. The highest BCUT2D eigenvalue weighted by molar-refractivity contribution is 5.50. The summed E-state index contributed by atoms with van der Waals surface area (Å²) in [7, 11) is 1.70. The van der Waals surface area contributed by atoms with Gasteiger partial charge >= 0.3 is 0 Å². The zero-order valence-corrected chi connectivity index (χ0v) is 12.3. The van der Waals surface area contributed by atoms with Gasteiger partial charge in [-0.15, -0.1) is 0 Å². The van der Waals surface area contributed by atoms with E-state index in [1.54, 1.807) is 7.11 Å². The molecule has 0 aromatic heterocycles. The van der Waals surface area contributed by atoms with Gasteiger partial charge in [0.05, 0.1) is 20.3 Å². The highest BCUT2D eigenvalue weighted by Crippen LogP contribution is 2.42. The highest BCUT2D eigenvalue weighted by Gasteiger charge is 2.34. The number of para-hydroxylation sites is 1. The predicted molar refractivity (Wildman–Crippen MR) is 77.4 cm³/mol. The summed E-state index contributed by atoms with van der Waals surface area (Å²) in [5.41, 5.74) is 1.17. The van der Waals surface area contributed by atoms with Gasteiger partial charge in [-0.1, -0.05) is 12.1 Å². The van der Waals surface area contributed by atoms with Crippen LogP contribution < -0.4 is 14.8 Å². The predicted octanol–water partition coefficient (Wildman–Crippen LogP) is 2.46. The van der Waals surface area contributed by atoms with Gasteiger partial charge in [0, 0.05) is 17.5 Å². The van der Waals surface area contributed by atoms with Crippen molar-refractivity contribution in [2.75, 3.05) is 26.9 Å². The van der Waals surface area contributed by atoms with Crippen LogP contribution in [-0.2, 0) is 10.3 Å². The number of methoxy groups -OCH3 is 1. The second kappa shape index (κ2) is 5.62. The molecule has 2 atom stereocenters. The average molecular weight is 277 g/mol. The molecule has 1 N–H and O–H groups in total. The van der Waals surface area contributed by atoms with Crippen LogP contribution in [0.5, 0.6) is 11.5 Å². The van der Waals surface area contributed by atoms with E-state index >= 15 is 0 Å². The topological polar surface area (TPSA) is 39.7 Å². The van der Waals surface area contributed by atoms with E-state index in [1.165, 1.54) is 12.0 Å². The van der Waals surface area contributed by atoms with Crippen LogP contribution in [0.2, 0.25) is 0 Å². The van der Waals surface area contributed by atoms with Crippen molar-refractivity contribution in [3.05, 3.63) is 23.8 Å². The first kappa shape index (κ1) is 13.7. The zero-order valence-electron chi connectivity index (χ0n) is 12.3. The van der Waals surface area contributed by atoms with Gasteiger partial charge < -0.3 is 19.5 Å². The molecule has 2 saturated heterocycles. The summed E-state index contributed by atoms with van der Waals surface area (Å²) in [6, 6.07) is 6.15. The molecule has 0 spiro atoms. The summed E-state index contributed by atoms with van der Waals surface area (Å²) < 4.78 is 17.1. The van der Waals surface area contributed by atoms with E-state index in [4.69, 9.17) is 14.2 Å². The number of nitrogens with one attached hydrogen (secondary N) is 1. The van der Waals surface area contributed by atoms with Crippen molar-refractivity contribution in [3.63, 3.8) is 0 Å². The van der Waals surface area contributed by atoms with Gasteiger partial charge in [-0.05, 0) is 32.4 Å². The maximum Gasteiger partial charge on any atom is 0.166 e. The lowest BCUT2D eigenvalue weighted by Crippen LogP contribution is -2.34. The Morgan fingerprint density at radius 2 is 2.30 bits per heavy atom. The first-order valence-electron chi connectivity index (χ1n) is 7.40. The highest BCUT2D eigenvalue weighted by atomic mass is 16.6. The smallest absolute Gasteiger partial charge is 0.166 e. The fraction of sp³-hybridized carbons (Fsp3) is 0.625. The Labute approximate surface area is 120 Å². The minimum Gasteiger partial charge on any atom is -0.493 e. The summed E-state index contributed by atoms with van der Waals surface area (Å²) in [4.78, 5) is 0. The maximum atomic E-state index is 6.22. The zero-order chi connectivity index (χ0) is 14.0. The lowest BCUT2D eigenvalue weighted by molar-refractivity contribution is 0.136. The lowest BCUT2D eigenvalue weighted by atomic mass is 9.89. The monoisotopic (exact) mass is 277 g/mol. The van der Waals surface area contributed by atoms with Crippen LogP contribution >= 0.6 is 0 Å². The molecule has 2 aliphatic rings. The minimum atomic E-state index is -0.0245. The SMILES string of the molecule is COc1cccc(C2(C)CCCN2)c1OC1CCOC1. The van der Waals surface area contributed by atoms with Crippen LogP contribution in [0.3, 0.4) is 0 Å². The van der Waals surface area contributed by atoms with E-state index < -0.39 is 0 Å². The third kappa shape index (κ3) is 2.50. The Hall–Kier alpha value is -1.26. The lowest BCUT2D eigenvalue weighted by Gasteiger charge is -2.29. The largest absolute Gasteiger partial charge is 0.493 e. The first-order chi connectivity index (χ1) is 9.73. The molecular weight excluding hydrogens is 254 g/mol. The molecule has 1 aromatic rings. The summed E-state index contributed by atoms with van der Waals surface area (Å²) in [6.45, 7) is 4.75. The summed E-state index contributed by atoms with van der Waals surface area (Å²) in [6.07, 6.45) is 3.40. The van der Waals surface area contributed by atoms with E-state index in [-0.39, 0.29) is 11.6 Å². The van der Waals surface area contributed by atoms with Gasteiger partial charge in [-0.3, -0.25) is 0 Å². The quantitative estimate of drug-likeness (QED) is 0.917. The Bertz CT molecular complexity index is 463. The van der Waals surface area contributed by atoms with E-state index in [9.17, 15) is 0 Å². The van der Waals surface area contributed by atoms with E-state index in [0.29, 0.717) is 6.61 Å². The molecule has 4 heteroatoms. The van der Waals surface area contributed by atoms with Crippen LogP contribution in [-0.4, -0.2) is 33.0 Å². The Morgan fingerprint density at radius 3 is 2.95 bits per heavy atom. The fourth-order valence-electron chi connectivity index (χ4n) is 3.13. The van der Waals surface area contributed by atoms with Crippen molar-refractivity contribution in [1.29, 1.82) is 0 Å². The minimum absolute atomic E-state index is 0.0245. The molecular formula is C16H23NO3. The number of ether oxygens (including phenoxy) is 3. The van der Waals surface area contributed by atoms with Crippen molar-refractivity contribution in [1.82, 2.24) is 5.32 Å². The second-order valence-electron chi connectivity index (χ2n) is 5.80. The van der Waals surface area contributed by atoms with Crippen molar-refractivity contribution in [2.24, 2.45) is 0 Å². The molecule has 4 nitrogen and oxygen atoms in total.